The second-order valence-electron chi connectivity index (χ2n) is 6.61. The van der Waals surface area contributed by atoms with E-state index in [0.717, 1.165) is 6.42 Å². The van der Waals surface area contributed by atoms with E-state index in [1.54, 1.807) is 0 Å². The Bertz CT molecular complexity index is 772. The van der Waals surface area contributed by atoms with E-state index in [2.05, 4.69) is 99.6 Å². The molecule has 116 valence electrons. The Labute approximate surface area is 139 Å². The van der Waals surface area contributed by atoms with Gasteiger partial charge in [0.1, 0.15) is 0 Å². The van der Waals surface area contributed by atoms with Gasteiger partial charge in [0.25, 0.3) is 0 Å². The minimum absolute atomic E-state index is 0.0291. The summed E-state index contributed by atoms with van der Waals surface area (Å²) in [6, 6.07) is 28.4. The molecule has 3 aromatic carbocycles. The van der Waals surface area contributed by atoms with E-state index in [9.17, 15) is 0 Å². The van der Waals surface area contributed by atoms with Gasteiger partial charge in [-0.2, -0.15) is 0 Å². The van der Waals surface area contributed by atoms with Gasteiger partial charge in [-0.05, 0) is 48.1 Å². The van der Waals surface area contributed by atoms with E-state index in [4.69, 9.17) is 0 Å². The second-order valence-corrected chi connectivity index (χ2v) is 6.61. The summed E-state index contributed by atoms with van der Waals surface area (Å²) < 4.78 is 0. The predicted molar refractivity (Wildman–Crippen MR) is 99.0 cm³/mol. The summed E-state index contributed by atoms with van der Waals surface area (Å²) in [6.45, 7) is 6.82. The molecular formula is C23H24. The summed E-state index contributed by atoms with van der Waals surface area (Å²) in [5.74, 6) is 0. The van der Waals surface area contributed by atoms with E-state index in [0.29, 0.717) is 0 Å². The number of rotatable bonds is 4. The van der Waals surface area contributed by atoms with Gasteiger partial charge in [0.15, 0.2) is 0 Å². The summed E-state index contributed by atoms with van der Waals surface area (Å²) in [5.41, 5.74) is 6.90. The van der Waals surface area contributed by atoms with Crippen LogP contribution in [0.5, 0.6) is 0 Å². The molecule has 0 heterocycles. The average Bonchev–Trinajstić information content (AvgIpc) is 2.59. The Hall–Kier alpha value is -2.34. The molecule has 0 radical (unpaired) electrons. The van der Waals surface area contributed by atoms with E-state index in [1.807, 2.05) is 0 Å². The van der Waals surface area contributed by atoms with E-state index < -0.39 is 0 Å². The van der Waals surface area contributed by atoms with Gasteiger partial charge < -0.3 is 0 Å². The summed E-state index contributed by atoms with van der Waals surface area (Å²) in [6.07, 6.45) is 1.00. The Kier molecular flexibility index (Phi) is 4.34. The molecule has 0 aliphatic heterocycles. The van der Waals surface area contributed by atoms with Crippen LogP contribution >= 0.6 is 0 Å². The first-order valence-electron chi connectivity index (χ1n) is 8.27. The first-order valence-corrected chi connectivity index (χ1v) is 8.27. The maximum absolute atomic E-state index is 2.37. The molecule has 0 bridgehead atoms. The van der Waals surface area contributed by atoms with E-state index in [1.165, 1.54) is 27.8 Å². The largest absolute Gasteiger partial charge is 0.0622 e. The SMILES string of the molecule is Cc1cccc(C(C)(Cc2ccccc2)c2ccccc2)c1C. The van der Waals surface area contributed by atoms with Crippen molar-refractivity contribution in [2.75, 3.05) is 0 Å². The van der Waals surface area contributed by atoms with Crippen LogP contribution in [0.25, 0.3) is 0 Å². The van der Waals surface area contributed by atoms with Crippen LogP contribution in [-0.4, -0.2) is 0 Å². The third kappa shape index (κ3) is 3.07. The van der Waals surface area contributed by atoms with Crippen LogP contribution in [0.15, 0.2) is 78.9 Å². The van der Waals surface area contributed by atoms with Crippen LogP contribution in [0.1, 0.15) is 34.7 Å². The topological polar surface area (TPSA) is 0 Å². The normalized spacial score (nSPS) is 13.5. The monoisotopic (exact) mass is 300 g/mol. The van der Waals surface area contributed by atoms with Gasteiger partial charge in [0.2, 0.25) is 0 Å². The van der Waals surface area contributed by atoms with E-state index >= 15 is 0 Å². The smallest absolute Gasteiger partial charge is 0.0217 e. The van der Waals surface area contributed by atoms with Crippen molar-refractivity contribution in [3.05, 3.63) is 107 Å². The second kappa shape index (κ2) is 6.42. The van der Waals surface area contributed by atoms with Crippen LogP contribution < -0.4 is 0 Å². The lowest BCUT2D eigenvalue weighted by Crippen LogP contribution is -2.28. The molecule has 0 aliphatic rings. The highest BCUT2D eigenvalue weighted by atomic mass is 14.3. The van der Waals surface area contributed by atoms with Crippen molar-refractivity contribution in [3.8, 4) is 0 Å². The summed E-state index contributed by atoms with van der Waals surface area (Å²) in [7, 11) is 0. The molecule has 0 N–H and O–H groups in total. The van der Waals surface area contributed by atoms with Crippen molar-refractivity contribution in [2.45, 2.75) is 32.6 Å². The lowest BCUT2D eigenvalue weighted by atomic mass is 9.70. The highest BCUT2D eigenvalue weighted by Crippen LogP contribution is 2.37. The Morgan fingerprint density at radius 2 is 1.30 bits per heavy atom. The Balaban J connectivity index is 2.16. The minimum atomic E-state index is -0.0291. The molecule has 0 amide bonds. The lowest BCUT2D eigenvalue weighted by molar-refractivity contribution is 0.563. The molecule has 23 heavy (non-hydrogen) atoms. The van der Waals surface area contributed by atoms with Gasteiger partial charge >= 0.3 is 0 Å². The van der Waals surface area contributed by atoms with Gasteiger partial charge in [-0.3, -0.25) is 0 Å². The molecule has 0 fully saturated rings. The van der Waals surface area contributed by atoms with Crippen LogP contribution in [0.4, 0.5) is 0 Å². The molecule has 0 saturated heterocycles. The lowest BCUT2D eigenvalue weighted by Gasteiger charge is -2.33. The molecule has 0 heteroatoms. The molecule has 0 saturated carbocycles. The standard InChI is InChI=1S/C23H24/c1-18-11-10-16-22(19(18)2)23(3,21-14-8-5-9-15-21)17-20-12-6-4-7-13-20/h4-16H,17H2,1-3H3. The first-order chi connectivity index (χ1) is 11.1. The molecule has 1 atom stereocenters. The number of hydrogen-bond donors (Lipinski definition) is 0. The summed E-state index contributed by atoms with van der Waals surface area (Å²) in [4.78, 5) is 0. The molecule has 0 aromatic heterocycles. The fraction of sp³-hybridized carbons (Fsp3) is 0.217. The van der Waals surface area contributed by atoms with Crippen molar-refractivity contribution >= 4 is 0 Å². The van der Waals surface area contributed by atoms with Crippen LogP contribution in [0, 0.1) is 13.8 Å². The van der Waals surface area contributed by atoms with Crippen molar-refractivity contribution < 1.29 is 0 Å². The summed E-state index contributed by atoms with van der Waals surface area (Å²) in [5, 5.41) is 0. The average molecular weight is 300 g/mol. The van der Waals surface area contributed by atoms with Gasteiger partial charge in [-0.1, -0.05) is 85.8 Å². The quantitative estimate of drug-likeness (QED) is 0.567. The predicted octanol–water partition coefficient (Wildman–Crippen LogP) is 5.85. The molecule has 1 unspecified atom stereocenters. The third-order valence-corrected chi connectivity index (χ3v) is 5.01. The van der Waals surface area contributed by atoms with Crippen molar-refractivity contribution in [3.63, 3.8) is 0 Å². The fourth-order valence-corrected chi connectivity index (χ4v) is 3.51. The molecule has 3 aromatic rings. The van der Waals surface area contributed by atoms with E-state index in [-0.39, 0.29) is 5.41 Å². The zero-order valence-corrected chi connectivity index (χ0v) is 14.2. The van der Waals surface area contributed by atoms with Gasteiger partial charge in [0.05, 0.1) is 0 Å². The highest BCUT2D eigenvalue weighted by molar-refractivity contribution is 5.46. The van der Waals surface area contributed by atoms with Crippen LogP contribution in [0.2, 0.25) is 0 Å². The highest BCUT2D eigenvalue weighted by Gasteiger charge is 2.30. The number of hydrogen-bond acceptors (Lipinski definition) is 0. The summed E-state index contributed by atoms with van der Waals surface area (Å²) >= 11 is 0. The molecule has 3 rings (SSSR count). The van der Waals surface area contributed by atoms with Gasteiger partial charge in [-0.15, -0.1) is 0 Å². The zero-order chi connectivity index (χ0) is 16.3. The first kappa shape index (κ1) is 15.6. The molecule has 0 nitrogen and oxygen atoms in total. The minimum Gasteiger partial charge on any atom is -0.0622 e. The number of benzene rings is 3. The molecular weight excluding hydrogens is 276 g/mol. The fourth-order valence-electron chi connectivity index (χ4n) is 3.51. The Morgan fingerprint density at radius 1 is 0.696 bits per heavy atom. The molecule has 0 spiro atoms. The van der Waals surface area contributed by atoms with Crippen molar-refractivity contribution in [1.82, 2.24) is 0 Å². The third-order valence-electron chi connectivity index (χ3n) is 5.01. The van der Waals surface area contributed by atoms with Gasteiger partial charge in [-0.25, -0.2) is 0 Å². The van der Waals surface area contributed by atoms with Crippen LogP contribution in [0.3, 0.4) is 0 Å². The zero-order valence-electron chi connectivity index (χ0n) is 14.2. The van der Waals surface area contributed by atoms with Crippen LogP contribution in [-0.2, 0) is 11.8 Å². The maximum atomic E-state index is 2.37. The molecule has 0 aliphatic carbocycles. The van der Waals surface area contributed by atoms with Crippen molar-refractivity contribution in [1.29, 1.82) is 0 Å². The Morgan fingerprint density at radius 3 is 1.96 bits per heavy atom. The van der Waals surface area contributed by atoms with Gasteiger partial charge in [0, 0.05) is 5.41 Å². The number of aryl methyl sites for hydroxylation is 1. The maximum Gasteiger partial charge on any atom is 0.0217 e. The van der Waals surface area contributed by atoms with Crippen molar-refractivity contribution in [2.24, 2.45) is 0 Å².